The third-order valence-electron chi connectivity index (χ3n) is 3.25. The van der Waals surface area contributed by atoms with Gasteiger partial charge < -0.3 is 4.42 Å². The van der Waals surface area contributed by atoms with E-state index in [1.54, 1.807) is 23.1 Å². The van der Waals surface area contributed by atoms with Crippen LogP contribution in [-0.4, -0.2) is 20.2 Å². The highest BCUT2D eigenvalue weighted by molar-refractivity contribution is 7.98. The third kappa shape index (κ3) is 2.80. The smallest absolute Gasteiger partial charge is 0.226 e. The van der Waals surface area contributed by atoms with Crippen molar-refractivity contribution in [2.24, 2.45) is 0 Å². The van der Waals surface area contributed by atoms with E-state index in [0.29, 0.717) is 17.5 Å². The largest absolute Gasteiger partial charge is 0.424 e. The molecule has 5 nitrogen and oxygen atoms in total. The zero-order chi connectivity index (χ0) is 15.0. The van der Waals surface area contributed by atoms with Crippen LogP contribution in [0.4, 0.5) is 0 Å². The molecule has 0 aliphatic heterocycles. The maximum Gasteiger partial charge on any atom is 0.226 e. The molecule has 0 radical (unpaired) electrons. The van der Waals surface area contributed by atoms with Crippen LogP contribution >= 0.6 is 23.1 Å². The molecule has 0 saturated carbocycles. The molecule has 21 heavy (non-hydrogen) atoms. The van der Waals surface area contributed by atoms with Gasteiger partial charge in [0.25, 0.3) is 0 Å². The van der Waals surface area contributed by atoms with Crippen molar-refractivity contribution in [1.29, 1.82) is 0 Å². The average Bonchev–Trinajstić information content (AvgIpc) is 3.02. The quantitative estimate of drug-likeness (QED) is 0.537. The number of fused-ring (bicyclic) bond motifs is 1. The van der Waals surface area contributed by atoms with E-state index in [-0.39, 0.29) is 0 Å². The van der Waals surface area contributed by atoms with Crippen LogP contribution in [-0.2, 0) is 12.2 Å². The predicted molar refractivity (Wildman–Crippen MR) is 84.9 cm³/mol. The van der Waals surface area contributed by atoms with E-state index in [4.69, 9.17) is 4.42 Å². The summed E-state index contributed by atoms with van der Waals surface area (Å²) in [4.78, 5) is 11.5. The highest BCUT2D eigenvalue weighted by Crippen LogP contribution is 2.35. The van der Waals surface area contributed by atoms with Crippen molar-refractivity contribution in [3.05, 3.63) is 28.0 Å². The Balaban J connectivity index is 1.92. The Kier molecular flexibility index (Phi) is 3.95. The number of thioether (sulfide) groups is 1. The first-order valence-corrected chi connectivity index (χ1v) is 8.57. The molecule has 0 aliphatic carbocycles. The lowest BCUT2D eigenvalue weighted by Gasteiger charge is -2.03. The summed E-state index contributed by atoms with van der Waals surface area (Å²) in [7, 11) is 0. The molecular weight excluding hydrogens is 304 g/mol. The molecule has 0 saturated heterocycles. The van der Waals surface area contributed by atoms with Gasteiger partial charge in [-0.15, -0.1) is 21.5 Å². The summed E-state index contributed by atoms with van der Waals surface area (Å²) in [5.74, 6) is 2.75. The van der Waals surface area contributed by atoms with E-state index < -0.39 is 0 Å². The third-order valence-corrected chi connectivity index (χ3v) is 5.31. The summed E-state index contributed by atoms with van der Waals surface area (Å²) in [5.41, 5.74) is 1.26. The molecule has 7 heteroatoms. The summed E-state index contributed by atoms with van der Waals surface area (Å²) in [5, 5.41) is 10.2. The summed E-state index contributed by atoms with van der Waals surface area (Å²) < 4.78 is 5.55. The molecule has 3 aromatic rings. The van der Waals surface area contributed by atoms with Crippen LogP contribution in [0.25, 0.3) is 10.2 Å². The number of hydrogen-bond acceptors (Lipinski definition) is 7. The predicted octanol–water partition coefficient (Wildman–Crippen LogP) is 3.85. The van der Waals surface area contributed by atoms with Gasteiger partial charge >= 0.3 is 0 Å². The lowest BCUT2D eigenvalue weighted by Crippen LogP contribution is -1.92. The Morgan fingerprint density at radius 2 is 1.86 bits per heavy atom. The molecule has 0 amide bonds. The van der Waals surface area contributed by atoms with E-state index in [1.165, 1.54) is 10.4 Å². The van der Waals surface area contributed by atoms with Crippen molar-refractivity contribution < 1.29 is 4.42 Å². The van der Waals surface area contributed by atoms with Gasteiger partial charge in [-0.05, 0) is 26.3 Å². The Morgan fingerprint density at radius 3 is 2.57 bits per heavy atom. The first-order chi connectivity index (χ1) is 10.1. The van der Waals surface area contributed by atoms with Gasteiger partial charge in [-0.1, -0.05) is 18.7 Å². The number of thiophene rings is 1. The molecule has 0 unspecified atom stereocenters. The lowest BCUT2D eigenvalue weighted by molar-refractivity contribution is 0.470. The number of aromatic nitrogens is 4. The van der Waals surface area contributed by atoms with E-state index >= 15 is 0 Å². The normalized spacial score (nSPS) is 11.4. The molecular formula is C14H16N4OS2. The summed E-state index contributed by atoms with van der Waals surface area (Å²) >= 11 is 3.35. The van der Waals surface area contributed by atoms with Crippen molar-refractivity contribution >= 4 is 33.3 Å². The number of nitrogens with zero attached hydrogens (tertiary/aromatic N) is 4. The first-order valence-electron chi connectivity index (χ1n) is 6.77. The first kappa shape index (κ1) is 14.5. The fourth-order valence-electron chi connectivity index (χ4n) is 2.04. The molecule has 3 heterocycles. The average molecular weight is 320 g/mol. The van der Waals surface area contributed by atoms with Gasteiger partial charge in [0.1, 0.15) is 15.7 Å². The van der Waals surface area contributed by atoms with Gasteiger partial charge in [0.05, 0.1) is 5.75 Å². The summed E-state index contributed by atoms with van der Waals surface area (Å²) in [6, 6.07) is 0. The Morgan fingerprint density at radius 1 is 1.10 bits per heavy atom. The summed E-state index contributed by atoms with van der Waals surface area (Å²) in [6.07, 6.45) is 0.761. The van der Waals surface area contributed by atoms with Crippen molar-refractivity contribution in [1.82, 2.24) is 20.2 Å². The molecule has 3 rings (SSSR count). The van der Waals surface area contributed by atoms with Gasteiger partial charge in [-0.3, -0.25) is 0 Å². The van der Waals surface area contributed by atoms with Crippen LogP contribution in [0, 0.1) is 20.8 Å². The fourth-order valence-corrected chi connectivity index (χ4v) is 4.15. The van der Waals surface area contributed by atoms with Gasteiger partial charge in [-0.2, -0.15) is 0 Å². The van der Waals surface area contributed by atoms with Crippen molar-refractivity contribution in [2.45, 2.75) is 44.9 Å². The van der Waals surface area contributed by atoms with Crippen LogP contribution < -0.4 is 0 Å². The highest BCUT2D eigenvalue weighted by Gasteiger charge is 2.15. The summed E-state index contributed by atoms with van der Waals surface area (Å²) in [6.45, 7) is 8.17. The fraction of sp³-hybridized carbons (Fsp3) is 0.429. The van der Waals surface area contributed by atoms with E-state index in [1.807, 2.05) is 13.8 Å². The Labute approximate surface area is 131 Å². The zero-order valence-corrected chi connectivity index (χ0v) is 14.1. The van der Waals surface area contributed by atoms with E-state index in [9.17, 15) is 0 Å². The second-order valence-corrected chi connectivity index (χ2v) is 6.94. The van der Waals surface area contributed by atoms with Crippen molar-refractivity contribution in [3.8, 4) is 0 Å². The second kappa shape index (κ2) is 5.73. The van der Waals surface area contributed by atoms with Gasteiger partial charge in [-0.25, -0.2) is 9.97 Å². The molecule has 0 aromatic carbocycles. The minimum absolute atomic E-state index is 0.632. The standard InChI is InChI=1S/C14H16N4OS2/c1-5-10-17-18-11(19-10)6-20-13-12-7(2)8(3)21-14(12)16-9(4)15-13/h5-6H2,1-4H3. The zero-order valence-electron chi connectivity index (χ0n) is 12.4. The number of hydrogen-bond donors (Lipinski definition) is 0. The molecule has 0 N–H and O–H groups in total. The van der Waals surface area contributed by atoms with Crippen molar-refractivity contribution in [3.63, 3.8) is 0 Å². The molecule has 3 aromatic heterocycles. The molecule has 0 fully saturated rings. The van der Waals surface area contributed by atoms with Crippen LogP contribution in [0.15, 0.2) is 9.44 Å². The van der Waals surface area contributed by atoms with Crippen LogP contribution in [0.2, 0.25) is 0 Å². The minimum atomic E-state index is 0.632. The lowest BCUT2D eigenvalue weighted by atomic mass is 10.2. The second-order valence-electron chi connectivity index (χ2n) is 4.77. The SMILES string of the molecule is CCc1nnc(CSc2nc(C)nc3sc(C)c(C)c23)o1. The molecule has 0 atom stereocenters. The van der Waals surface area contributed by atoms with Crippen LogP contribution in [0.5, 0.6) is 0 Å². The topological polar surface area (TPSA) is 64.7 Å². The van der Waals surface area contributed by atoms with Crippen LogP contribution in [0.3, 0.4) is 0 Å². The molecule has 110 valence electrons. The maximum absolute atomic E-state index is 5.55. The highest BCUT2D eigenvalue weighted by atomic mass is 32.2. The van der Waals surface area contributed by atoms with E-state index in [2.05, 4.69) is 34.0 Å². The van der Waals surface area contributed by atoms with E-state index in [0.717, 1.165) is 27.5 Å². The van der Waals surface area contributed by atoms with Crippen molar-refractivity contribution in [2.75, 3.05) is 0 Å². The molecule has 0 bridgehead atoms. The van der Waals surface area contributed by atoms with Gasteiger partial charge in [0.2, 0.25) is 11.8 Å². The molecule has 0 spiro atoms. The molecule has 0 aliphatic rings. The monoisotopic (exact) mass is 320 g/mol. The minimum Gasteiger partial charge on any atom is -0.424 e. The van der Waals surface area contributed by atoms with Crippen LogP contribution in [0.1, 0.15) is 35.0 Å². The Bertz CT molecular complexity index is 794. The maximum atomic E-state index is 5.55. The number of aryl methyl sites for hydroxylation is 4. The van der Waals surface area contributed by atoms with Gasteiger partial charge in [0, 0.05) is 16.7 Å². The van der Waals surface area contributed by atoms with Gasteiger partial charge in [0.15, 0.2) is 0 Å². The number of rotatable bonds is 4. The Hall–Kier alpha value is -1.47.